The lowest BCUT2D eigenvalue weighted by Gasteiger charge is -2.36. The molecule has 0 aromatic heterocycles. The van der Waals surface area contributed by atoms with Crippen LogP contribution in [0.3, 0.4) is 0 Å². The number of methoxy groups -OCH3 is 3. The van der Waals surface area contributed by atoms with Gasteiger partial charge in [0.25, 0.3) is 0 Å². The summed E-state index contributed by atoms with van der Waals surface area (Å²) in [6.45, 7) is 0. The molecule has 2 heterocycles. The average molecular weight is 573 g/mol. The van der Waals surface area contributed by atoms with Crippen LogP contribution in [-0.4, -0.2) is 55.9 Å². The van der Waals surface area contributed by atoms with Crippen molar-refractivity contribution >= 4 is 23.6 Å². The van der Waals surface area contributed by atoms with Gasteiger partial charge >= 0.3 is 0 Å². The van der Waals surface area contributed by atoms with E-state index < -0.39 is 23.4 Å². The van der Waals surface area contributed by atoms with E-state index in [0.717, 1.165) is 11.1 Å². The highest BCUT2D eigenvalue weighted by molar-refractivity contribution is 6.31. The van der Waals surface area contributed by atoms with E-state index in [1.165, 1.54) is 14.2 Å². The monoisotopic (exact) mass is 572 g/mol. The Morgan fingerprint density at radius 3 is 2.05 bits per heavy atom. The van der Waals surface area contributed by atoms with Crippen LogP contribution >= 0.6 is 0 Å². The van der Waals surface area contributed by atoms with E-state index in [0.29, 0.717) is 39.5 Å². The average Bonchev–Trinajstić information content (AvgIpc) is 3.49. The van der Waals surface area contributed by atoms with Crippen molar-refractivity contribution in [2.75, 3.05) is 21.3 Å². The molecule has 8 heteroatoms. The molecule has 3 atom stereocenters. The number of hydrogen-bond acceptors (Lipinski definition) is 8. The standard InChI is InChI=1S/C35H28N2O6/c1-41-22-17-15-20(16-18-22)30(38)29-28(26-13-8-14-27(42-2)31(26)43-3)35(33(39)24-11-6-7-12-25(24)34(35)40)32-23-10-5-4-9-21(23)19-36-37(29)32/h4-19,28-29,32H,1-3H3/t28-,29-,32-/m0/s1. The number of Topliss-reactive ketones (excluding diaryl/α,β-unsaturated/α-hetero) is 3. The molecule has 7 rings (SSSR count). The number of carbonyl (C=O) groups is 3. The van der Waals surface area contributed by atoms with Crippen LogP contribution in [0.15, 0.2) is 96.1 Å². The third kappa shape index (κ3) is 3.56. The van der Waals surface area contributed by atoms with Crippen LogP contribution in [0.5, 0.6) is 17.2 Å². The number of benzene rings is 4. The molecule has 1 spiro atoms. The number of fused-ring (bicyclic) bond motifs is 5. The number of ketones is 3. The number of carbonyl (C=O) groups excluding carboxylic acids is 3. The number of nitrogens with zero attached hydrogens (tertiary/aromatic N) is 2. The fraction of sp³-hybridized carbons (Fsp3) is 0.200. The highest BCUT2D eigenvalue weighted by Gasteiger charge is 2.73. The molecule has 0 saturated carbocycles. The molecule has 4 aromatic rings. The highest BCUT2D eigenvalue weighted by atomic mass is 16.5. The van der Waals surface area contributed by atoms with E-state index in [9.17, 15) is 14.4 Å². The van der Waals surface area contributed by atoms with Gasteiger partial charge in [0.05, 0.1) is 33.6 Å². The molecule has 3 aliphatic rings. The molecule has 43 heavy (non-hydrogen) atoms. The summed E-state index contributed by atoms with van der Waals surface area (Å²) in [5, 5.41) is 6.47. The van der Waals surface area contributed by atoms with Gasteiger partial charge in [-0.3, -0.25) is 19.4 Å². The van der Waals surface area contributed by atoms with Gasteiger partial charge in [0, 0.05) is 28.2 Å². The second-order valence-corrected chi connectivity index (χ2v) is 10.8. The first-order valence-electron chi connectivity index (χ1n) is 14.0. The summed E-state index contributed by atoms with van der Waals surface area (Å²) in [5.41, 5.74) is 1.41. The summed E-state index contributed by atoms with van der Waals surface area (Å²) < 4.78 is 16.9. The number of ether oxygens (including phenoxy) is 3. The number of para-hydroxylation sites is 1. The van der Waals surface area contributed by atoms with Gasteiger partial charge in [0.1, 0.15) is 17.2 Å². The maximum atomic E-state index is 14.9. The Labute approximate surface area is 248 Å². The Morgan fingerprint density at radius 2 is 1.40 bits per heavy atom. The topological polar surface area (TPSA) is 94.5 Å². The Hall–Kier alpha value is -5.24. The predicted octanol–water partition coefficient (Wildman–Crippen LogP) is 5.52. The lowest BCUT2D eigenvalue weighted by Crippen LogP contribution is -2.44. The Morgan fingerprint density at radius 1 is 0.744 bits per heavy atom. The molecule has 0 amide bonds. The zero-order valence-corrected chi connectivity index (χ0v) is 23.8. The van der Waals surface area contributed by atoms with Gasteiger partial charge < -0.3 is 14.2 Å². The first-order valence-corrected chi connectivity index (χ1v) is 14.0. The predicted molar refractivity (Wildman–Crippen MR) is 160 cm³/mol. The molecule has 0 unspecified atom stereocenters. The SMILES string of the molecule is COc1ccc(C(=O)[C@@H]2[C@H](c3cccc(OC)c3OC)C3(C(=O)c4ccccc4C3=O)[C@@H]3c4ccccc4C=NN23)cc1. The Balaban J connectivity index is 1.57. The molecule has 214 valence electrons. The van der Waals surface area contributed by atoms with Gasteiger partial charge in [0.2, 0.25) is 0 Å². The van der Waals surface area contributed by atoms with Crippen LogP contribution in [0, 0.1) is 5.41 Å². The van der Waals surface area contributed by atoms with Gasteiger partial charge in [0.15, 0.2) is 28.8 Å². The van der Waals surface area contributed by atoms with Gasteiger partial charge in [-0.05, 0) is 41.5 Å². The van der Waals surface area contributed by atoms with Crippen LogP contribution in [0.4, 0.5) is 0 Å². The molecule has 8 nitrogen and oxygen atoms in total. The highest BCUT2D eigenvalue weighted by Crippen LogP contribution is 2.66. The second-order valence-electron chi connectivity index (χ2n) is 10.8. The van der Waals surface area contributed by atoms with Crippen molar-refractivity contribution in [3.05, 3.63) is 124 Å². The van der Waals surface area contributed by atoms with E-state index in [4.69, 9.17) is 19.3 Å². The fourth-order valence-corrected chi connectivity index (χ4v) is 7.20. The molecule has 2 aliphatic heterocycles. The minimum absolute atomic E-state index is 0.285. The summed E-state index contributed by atoms with van der Waals surface area (Å²) in [6, 6.07) is 24.7. The Bertz CT molecular complexity index is 1790. The molecule has 1 aliphatic carbocycles. The normalized spacial score (nSPS) is 20.9. The summed E-state index contributed by atoms with van der Waals surface area (Å²) in [5.74, 6) is -0.555. The van der Waals surface area contributed by atoms with Gasteiger partial charge in [-0.1, -0.05) is 60.7 Å². The first-order chi connectivity index (χ1) is 21.0. The number of hydrogen-bond donors (Lipinski definition) is 0. The largest absolute Gasteiger partial charge is 0.497 e. The quantitative estimate of drug-likeness (QED) is 0.222. The van der Waals surface area contributed by atoms with Gasteiger partial charge in [-0.2, -0.15) is 5.10 Å². The number of rotatable bonds is 6. The minimum Gasteiger partial charge on any atom is -0.497 e. The van der Waals surface area contributed by atoms with Crippen molar-refractivity contribution in [2.45, 2.75) is 18.0 Å². The van der Waals surface area contributed by atoms with E-state index in [-0.39, 0.29) is 17.3 Å². The molecule has 4 aromatic carbocycles. The molecule has 1 saturated heterocycles. The fourth-order valence-electron chi connectivity index (χ4n) is 7.20. The smallest absolute Gasteiger partial charge is 0.187 e. The summed E-state index contributed by atoms with van der Waals surface area (Å²) in [7, 11) is 4.59. The summed E-state index contributed by atoms with van der Waals surface area (Å²) in [6.07, 6.45) is 1.69. The number of hydrazone groups is 1. The van der Waals surface area contributed by atoms with E-state index in [2.05, 4.69) is 0 Å². The van der Waals surface area contributed by atoms with Gasteiger partial charge in [-0.15, -0.1) is 0 Å². The van der Waals surface area contributed by atoms with Crippen molar-refractivity contribution in [1.29, 1.82) is 0 Å². The summed E-state index contributed by atoms with van der Waals surface area (Å²) in [4.78, 5) is 44.6. The molecule has 0 bridgehead atoms. The molecule has 1 fully saturated rings. The lowest BCUT2D eigenvalue weighted by atomic mass is 9.62. The minimum atomic E-state index is -1.72. The third-order valence-corrected chi connectivity index (χ3v) is 8.99. The van der Waals surface area contributed by atoms with Crippen LogP contribution in [0.25, 0.3) is 0 Å². The maximum Gasteiger partial charge on any atom is 0.187 e. The van der Waals surface area contributed by atoms with Crippen molar-refractivity contribution in [1.82, 2.24) is 5.01 Å². The van der Waals surface area contributed by atoms with Gasteiger partial charge in [-0.25, -0.2) is 0 Å². The van der Waals surface area contributed by atoms with Crippen LogP contribution in [-0.2, 0) is 0 Å². The first kappa shape index (κ1) is 26.6. The zero-order valence-electron chi connectivity index (χ0n) is 23.8. The van der Waals surface area contributed by atoms with Crippen molar-refractivity contribution in [3.8, 4) is 17.2 Å². The van der Waals surface area contributed by atoms with Crippen LogP contribution in [0.2, 0.25) is 0 Å². The van der Waals surface area contributed by atoms with Crippen LogP contribution < -0.4 is 14.2 Å². The Kier molecular flexibility index (Phi) is 6.16. The lowest BCUT2D eigenvalue weighted by molar-refractivity contribution is 0.0585. The molecule has 0 radical (unpaired) electrons. The van der Waals surface area contributed by atoms with Crippen molar-refractivity contribution in [3.63, 3.8) is 0 Å². The third-order valence-electron chi connectivity index (χ3n) is 8.99. The molecular weight excluding hydrogens is 544 g/mol. The maximum absolute atomic E-state index is 14.9. The van der Waals surface area contributed by atoms with E-state index >= 15 is 0 Å². The van der Waals surface area contributed by atoms with E-state index in [1.807, 2.05) is 24.3 Å². The van der Waals surface area contributed by atoms with E-state index in [1.54, 1.807) is 85.1 Å². The second kappa shape index (κ2) is 9.94. The molecular formula is C35H28N2O6. The van der Waals surface area contributed by atoms with Crippen molar-refractivity contribution < 1.29 is 28.6 Å². The summed E-state index contributed by atoms with van der Waals surface area (Å²) >= 11 is 0. The van der Waals surface area contributed by atoms with Crippen molar-refractivity contribution in [2.24, 2.45) is 10.5 Å². The zero-order chi connectivity index (χ0) is 29.9. The van der Waals surface area contributed by atoms with Crippen LogP contribution in [0.1, 0.15) is 59.7 Å². The molecule has 0 N–H and O–H groups in total.